The highest BCUT2D eigenvalue weighted by Gasteiger charge is 2.07. The Morgan fingerprint density at radius 3 is 2.27 bits per heavy atom. The Kier molecular flexibility index (Phi) is 7.36. The van der Waals surface area contributed by atoms with E-state index in [1.807, 2.05) is 44.2 Å². The second kappa shape index (κ2) is 9.98. The van der Waals surface area contributed by atoms with Gasteiger partial charge in [-0.15, -0.1) is 0 Å². The number of hydrazone groups is 1. The van der Waals surface area contributed by atoms with E-state index in [4.69, 9.17) is 4.74 Å². The largest absolute Gasteiger partial charge is 0.494 e. The first-order chi connectivity index (χ1) is 12.6. The molecule has 0 aliphatic heterocycles. The Morgan fingerprint density at radius 1 is 0.962 bits per heavy atom. The van der Waals surface area contributed by atoms with Crippen molar-refractivity contribution in [3.8, 4) is 5.75 Å². The van der Waals surface area contributed by atoms with Gasteiger partial charge in [-0.3, -0.25) is 9.59 Å². The maximum atomic E-state index is 11.9. The van der Waals surface area contributed by atoms with Gasteiger partial charge in [0.2, 0.25) is 11.8 Å². The average molecular weight is 353 g/mol. The zero-order valence-corrected chi connectivity index (χ0v) is 15.0. The number of ether oxygens (including phenoxy) is 1. The number of nitrogens with zero attached hydrogens (tertiary/aromatic N) is 1. The highest BCUT2D eigenvalue weighted by atomic mass is 16.5. The zero-order chi connectivity index (χ0) is 18.8. The fourth-order valence-corrected chi connectivity index (χ4v) is 2.20. The minimum Gasteiger partial charge on any atom is -0.494 e. The minimum atomic E-state index is -0.304. The predicted molar refractivity (Wildman–Crippen MR) is 102 cm³/mol. The summed E-state index contributed by atoms with van der Waals surface area (Å²) in [6.45, 7) is 4.31. The zero-order valence-electron chi connectivity index (χ0n) is 15.0. The second-order valence-corrected chi connectivity index (χ2v) is 5.60. The standard InChI is InChI=1S/C20H23N3O3/c1-3-26-18-11-9-17(10-12-18)21-19(24)13-14-20(25)23-22-15(2)16-7-5-4-6-8-16/h4-12H,3,13-14H2,1-2H3,(H,21,24)(H,23,25). The van der Waals surface area contributed by atoms with Gasteiger partial charge in [-0.05, 0) is 43.7 Å². The Morgan fingerprint density at radius 2 is 1.62 bits per heavy atom. The Labute approximate surface area is 153 Å². The number of carbonyl (C=O) groups is 2. The van der Waals surface area contributed by atoms with Gasteiger partial charge in [-0.25, -0.2) is 5.43 Å². The lowest BCUT2D eigenvalue weighted by Crippen LogP contribution is -2.21. The van der Waals surface area contributed by atoms with Crippen molar-refractivity contribution in [3.63, 3.8) is 0 Å². The molecule has 0 unspecified atom stereocenters. The molecule has 2 N–H and O–H groups in total. The molecule has 26 heavy (non-hydrogen) atoms. The first-order valence-electron chi connectivity index (χ1n) is 8.49. The first-order valence-corrected chi connectivity index (χ1v) is 8.49. The summed E-state index contributed by atoms with van der Waals surface area (Å²) in [6.07, 6.45) is 0.146. The van der Waals surface area contributed by atoms with Crippen LogP contribution in [0.15, 0.2) is 59.7 Å². The van der Waals surface area contributed by atoms with Gasteiger partial charge in [0, 0.05) is 18.5 Å². The van der Waals surface area contributed by atoms with E-state index in [1.54, 1.807) is 24.3 Å². The van der Waals surface area contributed by atoms with E-state index in [1.165, 1.54) is 0 Å². The van der Waals surface area contributed by atoms with E-state index >= 15 is 0 Å². The summed E-state index contributed by atoms with van der Waals surface area (Å²) in [5.41, 5.74) is 4.78. The van der Waals surface area contributed by atoms with Crippen molar-refractivity contribution in [1.29, 1.82) is 0 Å². The van der Waals surface area contributed by atoms with Gasteiger partial charge in [-0.1, -0.05) is 30.3 Å². The third-order valence-electron chi connectivity index (χ3n) is 3.57. The first kappa shape index (κ1) is 19.2. The molecule has 2 rings (SSSR count). The Bertz CT molecular complexity index is 756. The lowest BCUT2D eigenvalue weighted by Gasteiger charge is -2.07. The van der Waals surface area contributed by atoms with Crippen LogP contribution in [0, 0.1) is 0 Å². The smallest absolute Gasteiger partial charge is 0.240 e. The molecule has 6 heteroatoms. The van der Waals surface area contributed by atoms with Gasteiger partial charge in [0.25, 0.3) is 0 Å². The summed E-state index contributed by atoms with van der Waals surface area (Å²) in [4.78, 5) is 23.8. The van der Waals surface area contributed by atoms with Gasteiger partial charge in [0.1, 0.15) is 5.75 Å². The molecule has 0 aliphatic rings. The second-order valence-electron chi connectivity index (χ2n) is 5.60. The maximum Gasteiger partial charge on any atom is 0.240 e. The van der Waals surface area contributed by atoms with Crippen LogP contribution in [0.5, 0.6) is 5.75 Å². The molecular formula is C20H23N3O3. The molecule has 6 nitrogen and oxygen atoms in total. The van der Waals surface area contributed by atoms with Crippen molar-refractivity contribution in [2.75, 3.05) is 11.9 Å². The quantitative estimate of drug-likeness (QED) is 0.564. The summed E-state index contributed by atoms with van der Waals surface area (Å²) < 4.78 is 5.34. The van der Waals surface area contributed by atoms with Gasteiger partial charge in [0.05, 0.1) is 12.3 Å². The van der Waals surface area contributed by atoms with Crippen molar-refractivity contribution < 1.29 is 14.3 Å². The van der Waals surface area contributed by atoms with Crippen molar-refractivity contribution in [3.05, 3.63) is 60.2 Å². The molecule has 0 aromatic heterocycles. The normalized spacial score (nSPS) is 10.9. The molecule has 0 saturated carbocycles. The van der Waals surface area contributed by atoms with Crippen LogP contribution in [0.1, 0.15) is 32.3 Å². The van der Waals surface area contributed by atoms with Crippen molar-refractivity contribution in [2.45, 2.75) is 26.7 Å². The molecule has 0 saturated heterocycles. The van der Waals surface area contributed by atoms with E-state index in [0.29, 0.717) is 18.0 Å². The molecule has 2 amide bonds. The van der Waals surface area contributed by atoms with E-state index in [2.05, 4.69) is 15.8 Å². The van der Waals surface area contributed by atoms with E-state index < -0.39 is 0 Å². The molecule has 0 bridgehead atoms. The Balaban J connectivity index is 1.75. The summed E-state index contributed by atoms with van der Waals surface area (Å²) >= 11 is 0. The van der Waals surface area contributed by atoms with Crippen LogP contribution in [-0.2, 0) is 9.59 Å². The molecule has 0 radical (unpaired) electrons. The molecule has 2 aromatic rings. The fourth-order valence-electron chi connectivity index (χ4n) is 2.20. The monoisotopic (exact) mass is 353 g/mol. The lowest BCUT2D eigenvalue weighted by molar-refractivity contribution is -0.124. The molecule has 0 heterocycles. The number of rotatable bonds is 8. The summed E-state index contributed by atoms with van der Waals surface area (Å²) in [6, 6.07) is 16.6. The van der Waals surface area contributed by atoms with Crippen LogP contribution in [0.3, 0.4) is 0 Å². The Hall–Kier alpha value is -3.15. The molecule has 136 valence electrons. The summed E-state index contributed by atoms with van der Waals surface area (Å²) in [7, 11) is 0. The number of anilines is 1. The third kappa shape index (κ3) is 6.39. The lowest BCUT2D eigenvalue weighted by atomic mass is 10.1. The highest BCUT2D eigenvalue weighted by Crippen LogP contribution is 2.15. The molecule has 2 aromatic carbocycles. The van der Waals surface area contributed by atoms with E-state index in [9.17, 15) is 9.59 Å². The van der Waals surface area contributed by atoms with Gasteiger partial charge in [-0.2, -0.15) is 5.10 Å². The molecular weight excluding hydrogens is 330 g/mol. The van der Waals surface area contributed by atoms with Crippen LogP contribution < -0.4 is 15.5 Å². The summed E-state index contributed by atoms with van der Waals surface area (Å²) in [5, 5.41) is 6.80. The number of nitrogens with one attached hydrogen (secondary N) is 2. The van der Waals surface area contributed by atoms with Crippen molar-refractivity contribution in [2.24, 2.45) is 5.10 Å². The van der Waals surface area contributed by atoms with Gasteiger partial charge >= 0.3 is 0 Å². The predicted octanol–water partition coefficient (Wildman–Crippen LogP) is 3.34. The SMILES string of the molecule is CCOc1ccc(NC(=O)CCC(=O)NN=C(C)c2ccccc2)cc1. The molecule has 0 aliphatic carbocycles. The topological polar surface area (TPSA) is 79.8 Å². The number of hydrogen-bond donors (Lipinski definition) is 2. The highest BCUT2D eigenvalue weighted by molar-refractivity contribution is 5.99. The van der Waals surface area contributed by atoms with E-state index in [-0.39, 0.29) is 24.7 Å². The van der Waals surface area contributed by atoms with Crippen LogP contribution in [0.2, 0.25) is 0 Å². The summed E-state index contributed by atoms with van der Waals surface area (Å²) in [5.74, 6) is 0.215. The molecule has 0 fully saturated rings. The van der Waals surface area contributed by atoms with E-state index in [0.717, 1.165) is 11.3 Å². The van der Waals surface area contributed by atoms with Crippen molar-refractivity contribution in [1.82, 2.24) is 5.43 Å². The fraction of sp³-hybridized carbons (Fsp3) is 0.250. The van der Waals surface area contributed by atoms with Crippen LogP contribution in [-0.4, -0.2) is 24.1 Å². The van der Waals surface area contributed by atoms with Crippen LogP contribution >= 0.6 is 0 Å². The number of benzene rings is 2. The molecule has 0 spiro atoms. The van der Waals surface area contributed by atoms with Gasteiger partial charge < -0.3 is 10.1 Å². The van der Waals surface area contributed by atoms with Gasteiger partial charge in [0.15, 0.2) is 0 Å². The minimum absolute atomic E-state index is 0.0639. The van der Waals surface area contributed by atoms with Crippen LogP contribution in [0.4, 0.5) is 5.69 Å². The number of carbonyl (C=O) groups excluding carboxylic acids is 2. The van der Waals surface area contributed by atoms with Crippen LogP contribution in [0.25, 0.3) is 0 Å². The third-order valence-corrected chi connectivity index (χ3v) is 3.57. The number of amides is 2. The average Bonchev–Trinajstić information content (AvgIpc) is 2.67. The number of hydrogen-bond acceptors (Lipinski definition) is 4. The van der Waals surface area contributed by atoms with Crippen molar-refractivity contribution >= 4 is 23.2 Å². The maximum absolute atomic E-state index is 11.9. The molecule has 0 atom stereocenters.